The van der Waals surface area contributed by atoms with Gasteiger partial charge in [0.25, 0.3) is 0 Å². The van der Waals surface area contributed by atoms with Crippen LogP contribution in [0, 0.1) is 3.70 Å². The Morgan fingerprint density at radius 1 is 1.31 bits per heavy atom. The molecular weight excluding hydrogens is 298 g/mol. The van der Waals surface area contributed by atoms with Crippen LogP contribution in [-0.2, 0) is 0 Å². The number of halogens is 2. The molecule has 13 heavy (non-hydrogen) atoms. The van der Waals surface area contributed by atoms with E-state index in [1.54, 1.807) is 6.20 Å². The average molecular weight is 305 g/mol. The van der Waals surface area contributed by atoms with E-state index in [1.165, 1.54) is 0 Å². The minimum absolute atomic E-state index is 0.664. The number of pyridine rings is 1. The molecule has 0 amide bonds. The SMILES string of the molecule is Clc1cccnc1-n1cccc1I. The zero-order valence-corrected chi connectivity index (χ0v) is 9.53. The molecule has 0 aliphatic heterocycles. The van der Waals surface area contributed by atoms with E-state index >= 15 is 0 Å². The van der Waals surface area contributed by atoms with Crippen LogP contribution < -0.4 is 0 Å². The van der Waals surface area contributed by atoms with Gasteiger partial charge in [-0.3, -0.25) is 4.57 Å². The van der Waals surface area contributed by atoms with Crippen molar-refractivity contribution in [2.75, 3.05) is 0 Å². The quantitative estimate of drug-likeness (QED) is 0.740. The van der Waals surface area contributed by atoms with Crippen LogP contribution in [0.3, 0.4) is 0 Å². The van der Waals surface area contributed by atoms with Gasteiger partial charge in [0, 0.05) is 12.4 Å². The molecule has 0 aliphatic carbocycles. The summed E-state index contributed by atoms with van der Waals surface area (Å²) >= 11 is 8.24. The molecule has 0 saturated heterocycles. The van der Waals surface area contributed by atoms with E-state index < -0.39 is 0 Å². The van der Waals surface area contributed by atoms with E-state index in [-0.39, 0.29) is 0 Å². The largest absolute Gasteiger partial charge is 0.295 e. The highest BCUT2D eigenvalue weighted by Gasteiger charge is 2.04. The molecule has 0 bridgehead atoms. The van der Waals surface area contributed by atoms with Crippen LogP contribution in [0.25, 0.3) is 5.82 Å². The fourth-order valence-corrected chi connectivity index (χ4v) is 1.90. The topological polar surface area (TPSA) is 17.8 Å². The second-order valence-corrected chi connectivity index (χ2v) is 4.02. The highest BCUT2D eigenvalue weighted by Crippen LogP contribution is 2.19. The Kier molecular flexibility index (Phi) is 2.55. The lowest BCUT2D eigenvalue weighted by Gasteiger charge is -2.04. The third kappa shape index (κ3) is 1.71. The van der Waals surface area contributed by atoms with Crippen molar-refractivity contribution in [3.63, 3.8) is 0 Å². The average Bonchev–Trinajstić information content (AvgIpc) is 2.52. The lowest BCUT2D eigenvalue weighted by atomic mass is 10.4. The van der Waals surface area contributed by atoms with Crippen LogP contribution in [0.5, 0.6) is 0 Å². The molecule has 0 radical (unpaired) electrons. The lowest BCUT2D eigenvalue weighted by Crippen LogP contribution is -1.97. The Bertz CT molecular complexity index is 425. The molecule has 0 unspecified atom stereocenters. The highest BCUT2D eigenvalue weighted by atomic mass is 127. The second kappa shape index (κ2) is 3.67. The molecule has 0 N–H and O–H groups in total. The van der Waals surface area contributed by atoms with E-state index in [0.717, 1.165) is 9.52 Å². The number of aromatic nitrogens is 2. The van der Waals surface area contributed by atoms with Crippen molar-refractivity contribution in [3.05, 3.63) is 45.4 Å². The van der Waals surface area contributed by atoms with Crippen LogP contribution in [0.15, 0.2) is 36.7 Å². The van der Waals surface area contributed by atoms with Gasteiger partial charge in [-0.25, -0.2) is 4.98 Å². The maximum atomic E-state index is 6.00. The molecule has 2 rings (SSSR count). The van der Waals surface area contributed by atoms with Crippen LogP contribution in [-0.4, -0.2) is 9.55 Å². The molecule has 2 aromatic heterocycles. The van der Waals surface area contributed by atoms with E-state index in [9.17, 15) is 0 Å². The Morgan fingerprint density at radius 2 is 2.15 bits per heavy atom. The van der Waals surface area contributed by atoms with Gasteiger partial charge in [0.15, 0.2) is 5.82 Å². The Labute approximate surface area is 94.7 Å². The first kappa shape index (κ1) is 9.02. The van der Waals surface area contributed by atoms with E-state index in [4.69, 9.17) is 11.6 Å². The van der Waals surface area contributed by atoms with Crippen LogP contribution in [0.1, 0.15) is 0 Å². The number of rotatable bonds is 1. The van der Waals surface area contributed by atoms with Crippen molar-refractivity contribution >= 4 is 34.2 Å². The van der Waals surface area contributed by atoms with Crippen molar-refractivity contribution in [1.82, 2.24) is 9.55 Å². The number of hydrogen-bond acceptors (Lipinski definition) is 1. The summed E-state index contributed by atoms with van der Waals surface area (Å²) in [4.78, 5) is 4.21. The summed E-state index contributed by atoms with van der Waals surface area (Å²) < 4.78 is 3.04. The summed E-state index contributed by atoms with van der Waals surface area (Å²) in [6.07, 6.45) is 3.67. The van der Waals surface area contributed by atoms with Crippen molar-refractivity contribution < 1.29 is 0 Å². The third-order valence-corrected chi connectivity index (χ3v) is 2.84. The van der Waals surface area contributed by atoms with Gasteiger partial charge in [-0.2, -0.15) is 0 Å². The molecule has 66 valence electrons. The van der Waals surface area contributed by atoms with E-state index in [1.807, 2.05) is 35.0 Å². The molecule has 0 aliphatic rings. The summed E-state index contributed by atoms with van der Waals surface area (Å²) in [6.45, 7) is 0. The van der Waals surface area contributed by atoms with Crippen LogP contribution in [0.2, 0.25) is 5.02 Å². The first-order valence-corrected chi connectivity index (χ1v) is 5.18. The maximum absolute atomic E-state index is 6.00. The minimum atomic E-state index is 0.664. The van der Waals surface area contributed by atoms with E-state index in [2.05, 4.69) is 27.6 Å². The van der Waals surface area contributed by atoms with Crippen molar-refractivity contribution in [2.45, 2.75) is 0 Å². The maximum Gasteiger partial charge on any atom is 0.156 e. The zero-order chi connectivity index (χ0) is 9.26. The van der Waals surface area contributed by atoms with Gasteiger partial charge < -0.3 is 0 Å². The van der Waals surface area contributed by atoms with Crippen molar-refractivity contribution in [1.29, 1.82) is 0 Å². The Morgan fingerprint density at radius 3 is 2.77 bits per heavy atom. The monoisotopic (exact) mass is 304 g/mol. The van der Waals surface area contributed by atoms with Gasteiger partial charge in [-0.1, -0.05) is 11.6 Å². The third-order valence-electron chi connectivity index (χ3n) is 1.67. The molecule has 4 heteroatoms. The minimum Gasteiger partial charge on any atom is -0.295 e. The molecule has 2 aromatic rings. The summed E-state index contributed by atoms with van der Waals surface area (Å²) in [5.74, 6) is 0.776. The summed E-state index contributed by atoms with van der Waals surface area (Å²) in [7, 11) is 0. The Balaban J connectivity index is 2.59. The lowest BCUT2D eigenvalue weighted by molar-refractivity contribution is 0.982. The highest BCUT2D eigenvalue weighted by molar-refractivity contribution is 14.1. The first-order valence-electron chi connectivity index (χ1n) is 3.73. The fourth-order valence-electron chi connectivity index (χ4n) is 1.09. The van der Waals surface area contributed by atoms with Crippen LogP contribution in [0.4, 0.5) is 0 Å². The molecule has 0 aromatic carbocycles. The molecule has 0 saturated carbocycles. The summed E-state index contributed by atoms with van der Waals surface area (Å²) in [5, 5.41) is 0.664. The molecule has 0 spiro atoms. The van der Waals surface area contributed by atoms with Gasteiger partial charge in [0.05, 0.1) is 8.72 Å². The second-order valence-electron chi connectivity index (χ2n) is 2.51. The van der Waals surface area contributed by atoms with Crippen molar-refractivity contribution in [3.8, 4) is 5.82 Å². The normalized spacial score (nSPS) is 10.3. The molecule has 0 atom stereocenters. The van der Waals surface area contributed by atoms with Gasteiger partial charge in [0.2, 0.25) is 0 Å². The molecular formula is C9H6ClIN2. The molecule has 2 heterocycles. The standard InChI is InChI=1S/C9H6ClIN2/c10-7-3-1-5-12-9(7)13-6-2-4-8(13)11/h1-6H. The number of nitrogens with zero attached hydrogens (tertiary/aromatic N) is 2. The Hall–Kier alpha value is -0.550. The van der Waals surface area contributed by atoms with E-state index in [0.29, 0.717) is 5.02 Å². The van der Waals surface area contributed by atoms with Gasteiger partial charge >= 0.3 is 0 Å². The predicted molar refractivity (Wildman–Crippen MR) is 61.3 cm³/mol. The van der Waals surface area contributed by atoms with Crippen molar-refractivity contribution in [2.24, 2.45) is 0 Å². The van der Waals surface area contributed by atoms with Gasteiger partial charge in [0.1, 0.15) is 0 Å². The molecule has 0 fully saturated rings. The fraction of sp³-hybridized carbons (Fsp3) is 0. The first-order chi connectivity index (χ1) is 6.29. The van der Waals surface area contributed by atoms with Gasteiger partial charge in [-0.05, 0) is 46.9 Å². The van der Waals surface area contributed by atoms with Crippen LogP contribution >= 0.6 is 34.2 Å². The number of hydrogen-bond donors (Lipinski definition) is 0. The smallest absolute Gasteiger partial charge is 0.156 e. The summed E-state index contributed by atoms with van der Waals surface area (Å²) in [6, 6.07) is 7.63. The zero-order valence-electron chi connectivity index (χ0n) is 6.61. The predicted octanol–water partition coefficient (Wildman–Crippen LogP) is 3.13. The summed E-state index contributed by atoms with van der Waals surface area (Å²) in [5.41, 5.74) is 0. The molecule has 2 nitrogen and oxygen atoms in total. The van der Waals surface area contributed by atoms with Gasteiger partial charge in [-0.15, -0.1) is 0 Å².